The zero-order chi connectivity index (χ0) is 10.5. The van der Waals surface area contributed by atoms with Gasteiger partial charge in [0.25, 0.3) is 0 Å². The van der Waals surface area contributed by atoms with E-state index >= 15 is 0 Å². The Labute approximate surface area is 89.6 Å². The van der Waals surface area contributed by atoms with Crippen LogP contribution in [0, 0.1) is 6.92 Å². The van der Waals surface area contributed by atoms with Crippen molar-refractivity contribution in [2.75, 3.05) is 0 Å². The number of pyridine rings is 1. The highest BCUT2D eigenvalue weighted by Gasteiger charge is 1.95. The molecule has 0 aliphatic rings. The minimum absolute atomic E-state index is 0.589. The van der Waals surface area contributed by atoms with E-state index in [1.54, 1.807) is 12.4 Å². The highest BCUT2D eigenvalue weighted by molar-refractivity contribution is 5.27. The Morgan fingerprint density at radius 1 is 1.13 bits per heavy atom. The van der Waals surface area contributed by atoms with Crippen molar-refractivity contribution in [3.63, 3.8) is 0 Å². The van der Waals surface area contributed by atoms with Gasteiger partial charge in [-0.05, 0) is 42.3 Å². The number of aromatic nitrogens is 1. The first-order chi connectivity index (χ1) is 7.34. The first-order valence-electron chi connectivity index (χ1n) is 4.93. The molecule has 0 aliphatic carbocycles. The molecule has 0 N–H and O–H groups in total. The second-order valence-electron chi connectivity index (χ2n) is 3.46. The Morgan fingerprint density at radius 3 is 2.67 bits per heavy atom. The number of ether oxygens (including phenoxy) is 1. The third-order valence-electron chi connectivity index (χ3n) is 2.14. The molecule has 2 rings (SSSR count). The van der Waals surface area contributed by atoms with Gasteiger partial charge in [0.2, 0.25) is 0 Å². The molecule has 0 saturated heterocycles. The van der Waals surface area contributed by atoms with E-state index < -0.39 is 0 Å². The molecule has 0 fully saturated rings. The monoisotopic (exact) mass is 199 g/mol. The molecule has 2 aromatic rings. The Kier molecular flexibility index (Phi) is 2.98. The number of hydrogen-bond acceptors (Lipinski definition) is 2. The molecule has 1 heterocycles. The number of benzene rings is 1. The van der Waals surface area contributed by atoms with E-state index in [-0.39, 0.29) is 0 Å². The van der Waals surface area contributed by atoms with Crippen LogP contribution in [0.5, 0.6) is 5.75 Å². The van der Waals surface area contributed by atoms with Crippen LogP contribution >= 0.6 is 0 Å². The van der Waals surface area contributed by atoms with E-state index in [2.05, 4.69) is 18.0 Å². The van der Waals surface area contributed by atoms with Crippen molar-refractivity contribution in [1.82, 2.24) is 4.98 Å². The smallest absolute Gasteiger partial charge is 0.120 e. The maximum atomic E-state index is 5.65. The fraction of sp³-hybridized carbons (Fsp3) is 0.154. The second-order valence-corrected chi connectivity index (χ2v) is 3.46. The van der Waals surface area contributed by atoms with Gasteiger partial charge in [0, 0.05) is 12.4 Å². The molecule has 0 radical (unpaired) electrons. The molecule has 0 bridgehead atoms. The van der Waals surface area contributed by atoms with Crippen molar-refractivity contribution in [3.05, 3.63) is 59.9 Å². The maximum absolute atomic E-state index is 5.65. The van der Waals surface area contributed by atoms with Gasteiger partial charge < -0.3 is 4.74 Å². The highest BCUT2D eigenvalue weighted by Crippen LogP contribution is 2.13. The minimum atomic E-state index is 0.589. The third-order valence-corrected chi connectivity index (χ3v) is 2.14. The molecule has 1 aromatic carbocycles. The topological polar surface area (TPSA) is 22.1 Å². The van der Waals surface area contributed by atoms with Crippen molar-refractivity contribution in [2.45, 2.75) is 13.5 Å². The van der Waals surface area contributed by atoms with E-state index in [1.807, 2.05) is 30.3 Å². The predicted molar refractivity (Wildman–Crippen MR) is 59.7 cm³/mol. The van der Waals surface area contributed by atoms with Crippen LogP contribution in [0.3, 0.4) is 0 Å². The average Bonchev–Trinajstić information content (AvgIpc) is 2.28. The Bertz CT molecular complexity index is 426. The summed E-state index contributed by atoms with van der Waals surface area (Å²) in [5.74, 6) is 0.909. The van der Waals surface area contributed by atoms with Gasteiger partial charge in [0.05, 0.1) is 0 Å². The van der Waals surface area contributed by atoms with Gasteiger partial charge in [0.15, 0.2) is 0 Å². The van der Waals surface area contributed by atoms with Crippen LogP contribution in [0.4, 0.5) is 0 Å². The fourth-order valence-electron chi connectivity index (χ4n) is 1.35. The van der Waals surface area contributed by atoms with Crippen molar-refractivity contribution in [3.8, 4) is 5.75 Å². The minimum Gasteiger partial charge on any atom is -0.489 e. The standard InChI is InChI=1S/C13H13NO/c1-11-3-2-4-13(9-11)15-10-12-5-7-14-8-6-12/h2-9H,10H2,1H3. The number of rotatable bonds is 3. The lowest BCUT2D eigenvalue weighted by Gasteiger charge is -2.06. The maximum Gasteiger partial charge on any atom is 0.120 e. The summed E-state index contributed by atoms with van der Waals surface area (Å²) in [4.78, 5) is 3.96. The SMILES string of the molecule is Cc1cccc(OCc2ccncc2)c1. The molecule has 0 atom stereocenters. The Balaban J connectivity index is 1.99. The summed E-state index contributed by atoms with van der Waals surface area (Å²) in [6, 6.07) is 12.0. The summed E-state index contributed by atoms with van der Waals surface area (Å²) < 4.78 is 5.65. The molecule has 1 aromatic heterocycles. The predicted octanol–water partition coefficient (Wildman–Crippen LogP) is 2.97. The average molecular weight is 199 g/mol. The molecule has 2 nitrogen and oxygen atoms in total. The van der Waals surface area contributed by atoms with Crippen LogP contribution in [0.1, 0.15) is 11.1 Å². The van der Waals surface area contributed by atoms with Crippen LogP contribution < -0.4 is 4.74 Å². The molecule has 15 heavy (non-hydrogen) atoms. The number of hydrogen-bond donors (Lipinski definition) is 0. The molecule has 0 unspecified atom stereocenters. The van der Waals surface area contributed by atoms with E-state index in [0.717, 1.165) is 11.3 Å². The summed E-state index contributed by atoms with van der Waals surface area (Å²) in [5, 5.41) is 0. The summed E-state index contributed by atoms with van der Waals surface area (Å²) in [6.45, 7) is 2.64. The highest BCUT2D eigenvalue weighted by atomic mass is 16.5. The van der Waals surface area contributed by atoms with Gasteiger partial charge in [-0.25, -0.2) is 0 Å². The molecular weight excluding hydrogens is 186 g/mol. The van der Waals surface area contributed by atoms with Gasteiger partial charge in [-0.3, -0.25) is 4.98 Å². The van der Waals surface area contributed by atoms with Gasteiger partial charge >= 0.3 is 0 Å². The first kappa shape index (κ1) is 9.71. The summed E-state index contributed by atoms with van der Waals surface area (Å²) in [6.07, 6.45) is 3.55. The van der Waals surface area contributed by atoms with E-state index in [0.29, 0.717) is 6.61 Å². The largest absolute Gasteiger partial charge is 0.489 e. The van der Waals surface area contributed by atoms with Crippen molar-refractivity contribution in [1.29, 1.82) is 0 Å². The van der Waals surface area contributed by atoms with E-state index in [9.17, 15) is 0 Å². The normalized spacial score (nSPS) is 9.93. The molecule has 0 saturated carbocycles. The molecule has 0 aliphatic heterocycles. The summed E-state index contributed by atoms with van der Waals surface area (Å²) in [5.41, 5.74) is 2.34. The quantitative estimate of drug-likeness (QED) is 0.758. The first-order valence-corrected chi connectivity index (χ1v) is 4.93. The lowest BCUT2D eigenvalue weighted by Crippen LogP contribution is -1.95. The van der Waals surface area contributed by atoms with E-state index in [4.69, 9.17) is 4.74 Å². The molecule has 0 spiro atoms. The van der Waals surface area contributed by atoms with Gasteiger partial charge in [0.1, 0.15) is 12.4 Å². The lowest BCUT2D eigenvalue weighted by molar-refractivity contribution is 0.306. The van der Waals surface area contributed by atoms with Crippen molar-refractivity contribution >= 4 is 0 Å². The van der Waals surface area contributed by atoms with Crippen LogP contribution in [0.25, 0.3) is 0 Å². The van der Waals surface area contributed by atoms with Gasteiger partial charge in [-0.1, -0.05) is 12.1 Å². The fourth-order valence-corrected chi connectivity index (χ4v) is 1.35. The zero-order valence-electron chi connectivity index (χ0n) is 8.68. The van der Waals surface area contributed by atoms with Crippen molar-refractivity contribution < 1.29 is 4.74 Å². The summed E-state index contributed by atoms with van der Waals surface area (Å²) >= 11 is 0. The number of nitrogens with zero attached hydrogens (tertiary/aromatic N) is 1. The molecule has 0 amide bonds. The van der Waals surface area contributed by atoms with Gasteiger partial charge in [-0.15, -0.1) is 0 Å². The zero-order valence-corrected chi connectivity index (χ0v) is 8.68. The Hall–Kier alpha value is -1.83. The third kappa shape index (κ3) is 2.81. The van der Waals surface area contributed by atoms with Crippen molar-refractivity contribution in [2.24, 2.45) is 0 Å². The van der Waals surface area contributed by atoms with Gasteiger partial charge in [-0.2, -0.15) is 0 Å². The summed E-state index contributed by atoms with van der Waals surface area (Å²) in [7, 11) is 0. The van der Waals surface area contributed by atoms with Crippen LogP contribution in [-0.2, 0) is 6.61 Å². The van der Waals surface area contributed by atoms with Crippen LogP contribution in [-0.4, -0.2) is 4.98 Å². The molecule has 76 valence electrons. The second kappa shape index (κ2) is 4.60. The van der Waals surface area contributed by atoms with E-state index in [1.165, 1.54) is 5.56 Å². The number of aryl methyl sites for hydroxylation is 1. The van der Waals surface area contributed by atoms with Crippen LogP contribution in [0.15, 0.2) is 48.8 Å². The molecule has 2 heteroatoms. The Morgan fingerprint density at radius 2 is 1.93 bits per heavy atom. The van der Waals surface area contributed by atoms with Crippen LogP contribution in [0.2, 0.25) is 0 Å². The lowest BCUT2D eigenvalue weighted by atomic mass is 10.2. The molecular formula is C13H13NO.